The van der Waals surface area contributed by atoms with Crippen LogP contribution in [0, 0.1) is 0 Å². The Balaban J connectivity index is 2.27. The van der Waals surface area contributed by atoms with Gasteiger partial charge in [0.05, 0.1) is 6.54 Å². The van der Waals surface area contributed by atoms with Crippen LogP contribution >= 0.6 is 0 Å². The van der Waals surface area contributed by atoms with Gasteiger partial charge < -0.3 is 9.09 Å². The molecule has 8 heteroatoms. The van der Waals surface area contributed by atoms with E-state index in [4.69, 9.17) is 4.52 Å². The van der Waals surface area contributed by atoms with Crippen LogP contribution in [0.2, 0.25) is 0 Å². The molecule has 20 heavy (non-hydrogen) atoms. The lowest BCUT2D eigenvalue weighted by Crippen LogP contribution is -2.28. The van der Waals surface area contributed by atoms with Crippen LogP contribution in [0.5, 0.6) is 0 Å². The van der Waals surface area contributed by atoms with Crippen LogP contribution in [0.4, 0.5) is 13.2 Å². The number of nitrogens with zero attached hydrogens (tertiary/aromatic N) is 3. The van der Waals surface area contributed by atoms with Crippen molar-refractivity contribution >= 4 is 0 Å². The highest BCUT2D eigenvalue weighted by Gasteiger charge is 2.34. The molecule has 2 rings (SSSR count). The minimum absolute atomic E-state index is 0.157. The summed E-state index contributed by atoms with van der Waals surface area (Å²) >= 11 is 0. The molecule has 0 spiro atoms. The summed E-state index contributed by atoms with van der Waals surface area (Å²) in [5.74, 6) is 0.581. The molecule has 0 unspecified atom stereocenters. The maximum Gasteiger partial charge on any atom is 0.421 e. The number of alkyl halides is 3. The Morgan fingerprint density at radius 1 is 1.40 bits per heavy atom. The normalized spacial score (nSPS) is 11.8. The molecule has 2 heterocycles. The summed E-state index contributed by atoms with van der Waals surface area (Å²) in [5.41, 5.74) is -2.33. The van der Waals surface area contributed by atoms with E-state index < -0.39 is 17.3 Å². The van der Waals surface area contributed by atoms with Crippen LogP contribution in [-0.2, 0) is 19.1 Å². The molecule has 0 aliphatic rings. The van der Waals surface area contributed by atoms with Crippen molar-refractivity contribution in [2.75, 3.05) is 0 Å². The summed E-state index contributed by atoms with van der Waals surface area (Å²) in [6.07, 6.45) is -2.02. The van der Waals surface area contributed by atoms with Crippen molar-refractivity contribution in [3.63, 3.8) is 0 Å². The second kappa shape index (κ2) is 5.48. The third-order valence-corrected chi connectivity index (χ3v) is 2.61. The van der Waals surface area contributed by atoms with E-state index in [9.17, 15) is 18.0 Å². The molecular formula is C12H12F3N3O2. The van der Waals surface area contributed by atoms with Gasteiger partial charge in [-0.05, 0) is 18.6 Å². The van der Waals surface area contributed by atoms with Crippen molar-refractivity contribution in [3.05, 3.63) is 46.0 Å². The van der Waals surface area contributed by atoms with Gasteiger partial charge in [-0.15, -0.1) is 0 Å². The minimum atomic E-state index is -4.68. The summed E-state index contributed by atoms with van der Waals surface area (Å²) in [6, 6.07) is 1.91. The van der Waals surface area contributed by atoms with E-state index in [0.717, 1.165) is 23.1 Å². The monoisotopic (exact) mass is 287 g/mol. The predicted octanol–water partition coefficient (Wildman–Crippen LogP) is 2.25. The Hall–Kier alpha value is -2.12. The number of pyridine rings is 1. The van der Waals surface area contributed by atoms with E-state index in [-0.39, 0.29) is 12.4 Å². The van der Waals surface area contributed by atoms with Crippen LogP contribution in [0.1, 0.15) is 30.6 Å². The Labute approximate surface area is 112 Å². The number of aromatic nitrogens is 3. The van der Waals surface area contributed by atoms with Crippen molar-refractivity contribution in [1.29, 1.82) is 0 Å². The molecule has 5 nitrogen and oxygen atoms in total. The van der Waals surface area contributed by atoms with E-state index in [1.807, 2.05) is 6.92 Å². The van der Waals surface area contributed by atoms with Gasteiger partial charge in [-0.25, -0.2) is 0 Å². The first kappa shape index (κ1) is 14.3. The standard InChI is InChI=1S/C12H12F3N3O2/c1-2-4-10-16-9(17-20-10)7-18-6-3-5-8(11(18)19)12(13,14)15/h3,5-6H,2,4,7H2,1H3. The van der Waals surface area contributed by atoms with Gasteiger partial charge in [-0.1, -0.05) is 12.1 Å². The van der Waals surface area contributed by atoms with E-state index in [0.29, 0.717) is 12.3 Å². The van der Waals surface area contributed by atoms with Crippen molar-refractivity contribution in [3.8, 4) is 0 Å². The molecule has 2 aromatic rings. The van der Waals surface area contributed by atoms with Gasteiger partial charge in [-0.3, -0.25) is 4.79 Å². The third kappa shape index (κ3) is 3.06. The van der Waals surface area contributed by atoms with Gasteiger partial charge >= 0.3 is 6.18 Å². The zero-order chi connectivity index (χ0) is 14.8. The highest BCUT2D eigenvalue weighted by molar-refractivity contribution is 5.14. The molecule has 0 fully saturated rings. The Bertz CT molecular complexity index is 646. The van der Waals surface area contributed by atoms with Gasteiger partial charge in [0, 0.05) is 12.6 Å². The smallest absolute Gasteiger partial charge is 0.339 e. The molecule has 0 saturated heterocycles. The summed E-state index contributed by atoms with van der Waals surface area (Å²) in [4.78, 5) is 15.7. The highest BCUT2D eigenvalue weighted by Crippen LogP contribution is 2.25. The van der Waals surface area contributed by atoms with Crippen molar-refractivity contribution < 1.29 is 17.7 Å². The molecule has 0 bridgehead atoms. The van der Waals surface area contributed by atoms with Crippen LogP contribution in [0.25, 0.3) is 0 Å². The van der Waals surface area contributed by atoms with Crippen LogP contribution in [0.15, 0.2) is 27.6 Å². The molecule has 0 aromatic carbocycles. The first-order valence-electron chi connectivity index (χ1n) is 6.00. The van der Waals surface area contributed by atoms with Crippen molar-refractivity contribution in [2.24, 2.45) is 0 Å². The average molecular weight is 287 g/mol. The first-order chi connectivity index (χ1) is 9.41. The largest absolute Gasteiger partial charge is 0.421 e. The second-order valence-electron chi connectivity index (χ2n) is 4.21. The van der Waals surface area contributed by atoms with Gasteiger partial charge in [0.15, 0.2) is 5.82 Å². The maximum atomic E-state index is 12.6. The van der Waals surface area contributed by atoms with Crippen LogP contribution in [-0.4, -0.2) is 14.7 Å². The quantitative estimate of drug-likeness (QED) is 0.865. The van der Waals surface area contributed by atoms with Gasteiger partial charge in [-0.2, -0.15) is 18.2 Å². The fourth-order valence-electron chi connectivity index (χ4n) is 1.70. The minimum Gasteiger partial charge on any atom is -0.339 e. The molecule has 0 amide bonds. The van der Waals surface area contributed by atoms with E-state index in [2.05, 4.69) is 10.1 Å². The molecule has 0 aliphatic heterocycles. The van der Waals surface area contributed by atoms with Gasteiger partial charge in [0.25, 0.3) is 5.56 Å². The maximum absolute atomic E-state index is 12.6. The molecule has 108 valence electrons. The number of hydrogen-bond acceptors (Lipinski definition) is 4. The first-order valence-corrected chi connectivity index (χ1v) is 6.00. The number of aryl methyl sites for hydroxylation is 1. The van der Waals surface area contributed by atoms with E-state index in [1.165, 1.54) is 6.20 Å². The topological polar surface area (TPSA) is 60.9 Å². The van der Waals surface area contributed by atoms with E-state index in [1.54, 1.807) is 0 Å². The lowest BCUT2D eigenvalue weighted by molar-refractivity contribution is -0.138. The molecule has 0 N–H and O–H groups in total. The Morgan fingerprint density at radius 3 is 2.80 bits per heavy atom. The average Bonchev–Trinajstić information content (AvgIpc) is 2.78. The molecule has 0 radical (unpaired) electrons. The third-order valence-electron chi connectivity index (χ3n) is 2.61. The molecule has 0 atom stereocenters. The number of hydrogen-bond donors (Lipinski definition) is 0. The zero-order valence-electron chi connectivity index (χ0n) is 10.6. The van der Waals surface area contributed by atoms with Crippen LogP contribution < -0.4 is 5.56 Å². The Kier molecular flexibility index (Phi) is 3.91. The number of rotatable bonds is 4. The van der Waals surface area contributed by atoms with Crippen molar-refractivity contribution in [2.45, 2.75) is 32.5 Å². The van der Waals surface area contributed by atoms with Crippen LogP contribution in [0.3, 0.4) is 0 Å². The SMILES string of the molecule is CCCc1nc(Cn2cccc(C(F)(F)F)c2=O)no1. The molecule has 0 aliphatic carbocycles. The summed E-state index contributed by atoms with van der Waals surface area (Å²) in [7, 11) is 0. The highest BCUT2D eigenvalue weighted by atomic mass is 19.4. The van der Waals surface area contributed by atoms with Gasteiger partial charge in [0.2, 0.25) is 5.89 Å². The fourth-order valence-corrected chi connectivity index (χ4v) is 1.70. The van der Waals surface area contributed by atoms with Gasteiger partial charge in [0.1, 0.15) is 5.56 Å². The van der Waals surface area contributed by atoms with E-state index >= 15 is 0 Å². The second-order valence-corrected chi connectivity index (χ2v) is 4.21. The summed E-state index contributed by atoms with van der Waals surface area (Å²) in [6.45, 7) is 1.77. The molecular weight excluding hydrogens is 275 g/mol. The predicted molar refractivity (Wildman–Crippen MR) is 63.1 cm³/mol. The summed E-state index contributed by atoms with van der Waals surface area (Å²) in [5, 5.41) is 3.64. The summed E-state index contributed by atoms with van der Waals surface area (Å²) < 4.78 is 43.6. The number of halogens is 3. The lowest BCUT2D eigenvalue weighted by atomic mass is 10.2. The van der Waals surface area contributed by atoms with Crippen molar-refractivity contribution in [1.82, 2.24) is 14.7 Å². The lowest BCUT2D eigenvalue weighted by Gasteiger charge is -2.08. The zero-order valence-corrected chi connectivity index (χ0v) is 10.6. The fraction of sp³-hybridized carbons (Fsp3) is 0.417. The molecule has 2 aromatic heterocycles. The Morgan fingerprint density at radius 2 is 2.15 bits per heavy atom. The molecule has 0 saturated carbocycles.